The lowest BCUT2D eigenvalue weighted by molar-refractivity contribution is 0.0927. The first-order valence-corrected chi connectivity index (χ1v) is 8.19. The second kappa shape index (κ2) is 8.06. The van der Waals surface area contributed by atoms with Crippen LogP contribution in [0, 0.1) is 5.92 Å². The third-order valence-corrected chi connectivity index (χ3v) is 4.00. The van der Waals surface area contributed by atoms with Crippen molar-refractivity contribution in [3.05, 3.63) is 29.8 Å². The van der Waals surface area contributed by atoms with Crippen LogP contribution in [-0.4, -0.2) is 18.6 Å². The van der Waals surface area contributed by atoms with Crippen LogP contribution in [0.15, 0.2) is 24.3 Å². The second-order valence-electron chi connectivity index (χ2n) is 6.37. The van der Waals surface area contributed by atoms with E-state index in [2.05, 4.69) is 19.2 Å². The van der Waals surface area contributed by atoms with Crippen molar-refractivity contribution in [2.75, 3.05) is 6.61 Å². The van der Waals surface area contributed by atoms with Crippen molar-refractivity contribution in [3.8, 4) is 5.75 Å². The Morgan fingerprint density at radius 2 is 2.05 bits per heavy atom. The van der Waals surface area contributed by atoms with Crippen LogP contribution in [0.1, 0.15) is 62.7 Å². The van der Waals surface area contributed by atoms with Crippen LogP contribution in [0.3, 0.4) is 0 Å². The van der Waals surface area contributed by atoms with Crippen molar-refractivity contribution in [1.29, 1.82) is 0 Å². The molecule has 0 radical (unpaired) electrons. The van der Waals surface area contributed by atoms with Gasteiger partial charge in [0.1, 0.15) is 5.75 Å². The van der Waals surface area contributed by atoms with Crippen LogP contribution < -0.4 is 10.1 Å². The summed E-state index contributed by atoms with van der Waals surface area (Å²) in [6.07, 6.45) is 6.99. The molecule has 0 aromatic heterocycles. The maximum atomic E-state index is 12.3. The van der Waals surface area contributed by atoms with E-state index in [4.69, 9.17) is 4.74 Å². The Labute approximate surface area is 128 Å². The van der Waals surface area contributed by atoms with E-state index in [1.807, 2.05) is 24.3 Å². The summed E-state index contributed by atoms with van der Waals surface area (Å²) in [6.45, 7) is 5.06. The van der Waals surface area contributed by atoms with Gasteiger partial charge in [0.05, 0.1) is 6.61 Å². The van der Waals surface area contributed by atoms with E-state index in [0.717, 1.165) is 25.0 Å². The summed E-state index contributed by atoms with van der Waals surface area (Å²) in [5, 5.41) is 3.14. The molecule has 1 N–H and O–H groups in total. The summed E-state index contributed by atoms with van der Waals surface area (Å²) in [7, 11) is 0. The topological polar surface area (TPSA) is 38.3 Å². The van der Waals surface area contributed by atoms with Gasteiger partial charge in [-0.15, -0.1) is 0 Å². The van der Waals surface area contributed by atoms with Crippen molar-refractivity contribution >= 4 is 5.91 Å². The fraction of sp³-hybridized carbons (Fsp3) is 0.611. The average Bonchev–Trinajstić information content (AvgIpc) is 2.48. The summed E-state index contributed by atoms with van der Waals surface area (Å²) in [6, 6.07) is 7.85. The monoisotopic (exact) mass is 289 g/mol. The Hall–Kier alpha value is -1.51. The molecule has 0 spiro atoms. The van der Waals surface area contributed by atoms with Gasteiger partial charge in [-0.1, -0.05) is 39.2 Å². The SMILES string of the molecule is CC(C)CCOc1cccc(C(=O)NC2CCCCC2)c1. The first kappa shape index (κ1) is 15.9. The summed E-state index contributed by atoms with van der Waals surface area (Å²) in [5.74, 6) is 1.44. The molecule has 1 saturated carbocycles. The Bertz CT molecular complexity index is 450. The number of ether oxygens (including phenoxy) is 1. The number of carbonyl (C=O) groups is 1. The summed E-state index contributed by atoms with van der Waals surface area (Å²) >= 11 is 0. The molecule has 0 bridgehead atoms. The first-order chi connectivity index (χ1) is 10.1. The highest BCUT2D eigenvalue weighted by Gasteiger charge is 2.16. The van der Waals surface area contributed by atoms with E-state index in [1.165, 1.54) is 19.3 Å². The van der Waals surface area contributed by atoms with Gasteiger partial charge in [-0.05, 0) is 43.4 Å². The smallest absolute Gasteiger partial charge is 0.251 e. The molecule has 1 aromatic carbocycles. The van der Waals surface area contributed by atoms with E-state index < -0.39 is 0 Å². The highest BCUT2D eigenvalue weighted by molar-refractivity contribution is 5.94. The maximum Gasteiger partial charge on any atom is 0.251 e. The fourth-order valence-electron chi connectivity index (χ4n) is 2.66. The van der Waals surface area contributed by atoms with Crippen molar-refractivity contribution in [2.24, 2.45) is 5.92 Å². The molecule has 0 heterocycles. The molecule has 2 rings (SSSR count). The lowest BCUT2D eigenvalue weighted by Crippen LogP contribution is -2.36. The summed E-state index contributed by atoms with van der Waals surface area (Å²) < 4.78 is 5.72. The number of nitrogens with one attached hydrogen (secondary N) is 1. The summed E-state index contributed by atoms with van der Waals surface area (Å²) in [4.78, 5) is 12.3. The lowest BCUT2D eigenvalue weighted by Gasteiger charge is -2.22. The van der Waals surface area contributed by atoms with Crippen molar-refractivity contribution < 1.29 is 9.53 Å². The first-order valence-electron chi connectivity index (χ1n) is 8.19. The third-order valence-electron chi connectivity index (χ3n) is 4.00. The molecule has 1 aromatic rings. The molecule has 1 fully saturated rings. The fourth-order valence-corrected chi connectivity index (χ4v) is 2.66. The molecular weight excluding hydrogens is 262 g/mol. The molecular formula is C18H27NO2. The van der Waals surface area contributed by atoms with Crippen LogP contribution in [0.5, 0.6) is 5.75 Å². The number of amides is 1. The predicted octanol–water partition coefficient (Wildman–Crippen LogP) is 4.17. The van der Waals surface area contributed by atoms with Crippen LogP contribution in [0.4, 0.5) is 0 Å². The molecule has 21 heavy (non-hydrogen) atoms. The number of hydrogen-bond donors (Lipinski definition) is 1. The zero-order valence-electron chi connectivity index (χ0n) is 13.2. The largest absolute Gasteiger partial charge is 0.494 e. The molecule has 3 heteroatoms. The van der Waals surface area contributed by atoms with Crippen molar-refractivity contribution in [1.82, 2.24) is 5.32 Å². The predicted molar refractivity (Wildman–Crippen MR) is 85.7 cm³/mol. The van der Waals surface area contributed by atoms with Gasteiger partial charge in [0, 0.05) is 11.6 Å². The Balaban J connectivity index is 1.88. The van der Waals surface area contributed by atoms with Crippen molar-refractivity contribution in [2.45, 2.75) is 58.4 Å². The summed E-state index contributed by atoms with van der Waals surface area (Å²) in [5.41, 5.74) is 0.697. The van der Waals surface area contributed by atoms with Gasteiger partial charge in [0.25, 0.3) is 5.91 Å². The number of benzene rings is 1. The Kier molecular flexibility index (Phi) is 6.09. The molecule has 1 aliphatic rings. The number of carbonyl (C=O) groups excluding carboxylic acids is 1. The minimum atomic E-state index is 0.0243. The van der Waals surface area contributed by atoms with Gasteiger partial charge in [0.15, 0.2) is 0 Å². The third kappa shape index (κ3) is 5.41. The van der Waals surface area contributed by atoms with Crippen LogP contribution >= 0.6 is 0 Å². The van der Waals surface area contributed by atoms with Crippen LogP contribution in [0.2, 0.25) is 0 Å². The second-order valence-corrected chi connectivity index (χ2v) is 6.37. The quantitative estimate of drug-likeness (QED) is 0.853. The highest BCUT2D eigenvalue weighted by Crippen LogP contribution is 2.19. The number of hydrogen-bond acceptors (Lipinski definition) is 2. The molecule has 3 nitrogen and oxygen atoms in total. The zero-order chi connectivity index (χ0) is 15.1. The molecule has 1 amide bonds. The van der Waals surface area contributed by atoms with Crippen molar-refractivity contribution in [3.63, 3.8) is 0 Å². The van der Waals surface area contributed by atoms with Gasteiger partial charge < -0.3 is 10.1 Å². The van der Waals surface area contributed by atoms with Gasteiger partial charge in [-0.2, -0.15) is 0 Å². The molecule has 0 atom stereocenters. The zero-order valence-corrected chi connectivity index (χ0v) is 13.2. The normalized spacial score (nSPS) is 16.0. The average molecular weight is 289 g/mol. The van der Waals surface area contributed by atoms with E-state index in [0.29, 0.717) is 24.1 Å². The minimum absolute atomic E-state index is 0.0243. The van der Waals surface area contributed by atoms with Gasteiger partial charge in [-0.25, -0.2) is 0 Å². The molecule has 0 unspecified atom stereocenters. The highest BCUT2D eigenvalue weighted by atomic mass is 16.5. The molecule has 1 aliphatic carbocycles. The minimum Gasteiger partial charge on any atom is -0.494 e. The Morgan fingerprint density at radius 3 is 2.76 bits per heavy atom. The van der Waals surface area contributed by atoms with Gasteiger partial charge >= 0.3 is 0 Å². The van der Waals surface area contributed by atoms with Crippen LogP contribution in [0.25, 0.3) is 0 Å². The standard InChI is InChI=1S/C18H27NO2/c1-14(2)11-12-21-17-10-6-7-15(13-17)18(20)19-16-8-4-3-5-9-16/h6-7,10,13-14,16H,3-5,8-9,11-12H2,1-2H3,(H,19,20). The number of rotatable bonds is 6. The van der Waals surface area contributed by atoms with E-state index >= 15 is 0 Å². The van der Waals surface area contributed by atoms with E-state index in [-0.39, 0.29) is 5.91 Å². The van der Waals surface area contributed by atoms with E-state index in [9.17, 15) is 4.79 Å². The molecule has 0 saturated heterocycles. The molecule has 0 aliphatic heterocycles. The Morgan fingerprint density at radius 1 is 1.29 bits per heavy atom. The van der Waals surface area contributed by atoms with E-state index in [1.54, 1.807) is 0 Å². The lowest BCUT2D eigenvalue weighted by atomic mass is 9.95. The van der Waals surface area contributed by atoms with Gasteiger partial charge in [-0.3, -0.25) is 4.79 Å². The van der Waals surface area contributed by atoms with Gasteiger partial charge in [0.2, 0.25) is 0 Å². The molecule has 116 valence electrons. The maximum absolute atomic E-state index is 12.3. The van der Waals surface area contributed by atoms with Crippen LogP contribution in [-0.2, 0) is 0 Å².